The molecule has 0 atom stereocenters. The molecule has 1 aliphatic rings. The number of aliphatic hydroxyl groups is 1. The number of nitrogens with one attached hydrogen (secondary N) is 1. The summed E-state index contributed by atoms with van der Waals surface area (Å²) in [4.78, 5) is 0. The summed E-state index contributed by atoms with van der Waals surface area (Å²) < 4.78 is 56.1. The third-order valence-corrected chi connectivity index (χ3v) is 3.54. The lowest BCUT2D eigenvalue weighted by Gasteiger charge is -2.32. The predicted molar refractivity (Wildman–Crippen MR) is 68.1 cm³/mol. The Balaban J connectivity index is 1.94. The highest BCUT2D eigenvalue weighted by atomic mass is 19.4. The van der Waals surface area contributed by atoms with Gasteiger partial charge in [0.1, 0.15) is 5.82 Å². The second-order valence-electron chi connectivity index (χ2n) is 5.25. The third kappa shape index (κ3) is 4.39. The molecule has 2 N–H and O–H groups in total. The average molecular weight is 307 g/mol. The smallest absolute Gasteiger partial charge is 0.388 e. The quantitative estimate of drug-likeness (QED) is 0.840. The van der Waals surface area contributed by atoms with Gasteiger partial charge in [-0.25, -0.2) is 4.39 Å². The first kappa shape index (κ1) is 16.2. The molecule has 0 aliphatic carbocycles. The summed E-state index contributed by atoms with van der Waals surface area (Å²) in [5, 5.41) is 13.1. The summed E-state index contributed by atoms with van der Waals surface area (Å²) in [5.74, 6) is -1.28. The Bertz CT molecular complexity index is 484. The molecule has 0 unspecified atom stereocenters. The van der Waals surface area contributed by atoms with E-state index < -0.39 is 23.2 Å². The van der Waals surface area contributed by atoms with Crippen molar-refractivity contribution in [3.05, 3.63) is 35.1 Å². The predicted octanol–water partition coefficient (Wildman–Crippen LogP) is 2.48. The highest BCUT2D eigenvalue weighted by Gasteiger charge is 2.34. The molecule has 1 saturated heterocycles. The zero-order valence-corrected chi connectivity index (χ0v) is 11.3. The van der Waals surface area contributed by atoms with E-state index in [1.807, 2.05) is 0 Å². The molecule has 3 nitrogen and oxygen atoms in total. The van der Waals surface area contributed by atoms with Crippen molar-refractivity contribution in [3.63, 3.8) is 0 Å². The number of hydrogen-bond donors (Lipinski definition) is 2. The van der Waals surface area contributed by atoms with Crippen molar-refractivity contribution in [1.29, 1.82) is 0 Å². The van der Waals surface area contributed by atoms with Gasteiger partial charge >= 0.3 is 6.18 Å². The molecule has 0 amide bonds. The van der Waals surface area contributed by atoms with Crippen LogP contribution in [0.15, 0.2) is 18.2 Å². The van der Waals surface area contributed by atoms with Gasteiger partial charge in [0.05, 0.1) is 11.2 Å². The third-order valence-electron chi connectivity index (χ3n) is 3.54. The maximum absolute atomic E-state index is 13.1. The van der Waals surface area contributed by atoms with Gasteiger partial charge in [-0.15, -0.1) is 0 Å². The van der Waals surface area contributed by atoms with Crippen molar-refractivity contribution in [1.82, 2.24) is 5.32 Å². The first-order valence-corrected chi connectivity index (χ1v) is 6.67. The van der Waals surface area contributed by atoms with Gasteiger partial charge in [0.15, 0.2) is 0 Å². The molecule has 0 saturated carbocycles. The molecular formula is C14H17F4NO2. The lowest BCUT2D eigenvalue weighted by molar-refractivity contribution is -0.140. The van der Waals surface area contributed by atoms with E-state index >= 15 is 0 Å². The number of halogens is 4. The summed E-state index contributed by atoms with van der Waals surface area (Å²) in [5.41, 5.74) is -1.85. The van der Waals surface area contributed by atoms with Crippen molar-refractivity contribution in [3.8, 4) is 0 Å². The summed E-state index contributed by atoms with van der Waals surface area (Å²) in [6, 6.07) is 2.89. The van der Waals surface area contributed by atoms with E-state index in [1.54, 1.807) is 0 Å². The molecule has 1 aromatic carbocycles. The molecule has 0 radical (unpaired) electrons. The summed E-state index contributed by atoms with van der Waals surface area (Å²) in [7, 11) is 0. The minimum Gasteiger partial charge on any atom is -0.388 e. The summed E-state index contributed by atoms with van der Waals surface area (Å²) in [6.07, 6.45) is -3.74. The van der Waals surface area contributed by atoms with Crippen molar-refractivity contribution >= 4 is 0 Å². The van der Waals surface area contributed by atoms with E-state index in [2.05, 4.69) is 5.32 Å². The standard InChI is InChI=1S/C14H17F4NO2/c15-12-2-1-10(7-11(12)14(16,17)18)8-19-9-13(20)3-5-21-6-4-13/h1-2,7,19-20H,3-6,8-9H2. The summed E-state index contributed by atoms with van der Waals surface area (Å²) in [6.45, 7) is 1.32. The Morgan fingerprint density at radius 1 is 1.24 bits per heavy atom. The van der Waals surface area contributed by atoms with Crippen LogP contribution in [-0.2, 0) is 17.5 Å². The van der Waals surface area contributed by atoms with Crippen molar-refractivity contribution in [2.75, 3.05) is 19.8 Å². The van der Waals surface area contributed by atoms with Gasteiger partial charge in [0, 0.05) is 39.1 Å². The lowest BCUT2D eigenvalue weighted by atomic mass is 9.94. The largest absolute Gasteiger partial charge is 0.419 e. The number of alkyl halides is 3. The van der Waals surface area contributed by atoms with Gasteiger partial charge in [-0.3, -0.25) is 0 Å². The maximum Gasteiger partial charge on any atom is 0.419 e. The van der Waals surface area contributed by atoms with Crippen LogP contribution in [0, 0.1) is 5.82 Å². The molecule has 1 aromatic rings. The number of rotatable bonds is 4. The van der Waals surface area contributed by atoms with Crippen molar-refractivity contribution in [2.24, 2.45) is 0 Å². The monoisotopic (exact) mass is 307 g/mol. The minimum absolute atomic E-state index is 0.131. The van der Waals surface area contributed by atoms with E-state index in [-0.39, 0.29) is 13.1 Å². The highest BCUT2D eigenvalue weighted by Crippen LogP contribution is 2.31. The molecular weight excluding hydrogens is 290 g/mol. The van der Waals surface area contributed by atoms with Crippen LogP contribution in [0.1, 0.15) is 24.0 Å². The Hall–Kier alpha value is -1.18. The van der Waals surface area contributed by atoms with Crippen LogP contribution in [-0.4, -0.2) is 30.5 Å². The second kappa shape index (κ2) is 6.29. The fourth-order valence-electron chi connectivity index (χ4n) is 2.27. The Morgan fingerprint density at radius 3 is 2.52 bits per heavy atom. The van der Waals surface area contributed by atoms with E-state index in [0.717, 1.165) is 12.1 Å². The zero-order valence-electron chi connectivity index (χ0n) is 11.3. The van der Waals surface area contributed by atoms with Crippen molar-refractivity contribution < 1.29 is 27.4 Å². The van der Waals surface area contributed by atoms with E-state index in [9.17, 15) is 22.7 Å². The first-order valence-electron chi connectivity index (χ1n) is 6.67. The van der Waals surface area contributed by atoms with E-state index in [0.29, 0.717) is 31.6 Å². The molecule has 2 rings (SSSR count). The van der Waals surface area contributed by atoms with Gasteiger partial charge in [-0.1, -0.05) is 6.07 Å². The van der Waals surface area contributed by atoms with Crippen LogP contribution in [0.5, 0.6) is 0 Å². The van der Waals surface area contributed by atoms with Gasteiger partial charge in [-0.05, 0) is 17.7 Å². The number of ether oxygens (including phenoxy) is 1. The molecule has 1 heterocycles. The van der Waals surface area contributed by atoms with Gasteiger partial charge in [0.2, 0.25) is 0 Å². The minimum atomic E-state index is -4.71. The van der Waals surface area contributed by atoms with Crippen LogP contribution in [0.25, 0.3) is 0 Å². The van der Waals surface area contributed by atoms with Crippen molar-refractivity contribution in [2.45, 2.75) is 31.2 Å². The highest BCUT2D eigenvalue weighted by molar-refractivity contribution is 5.27. The number of hydrogen-bond acceptors (Lipinski definition) is 3. The lowest BCUT2D eigenvalue weighted by Crippen LogP contribution is -2.44. The molecule has 0 aromatic heterocycles. The summed E-state index contributed by atoms with van der Waals surface area (Å²) >= 11 is 0. The fourth-order valence-corrected chi connectivity index (χ4v) is 2.27. The van der Waals surface area contributed by atoms with E-state index in [1.165, 1.54) is 6.07 Å². The molecule has 0 bridgehead atoms. The first-order chi connectivity index (χ1) is 9.80. The molecule has 1 aliphatic heterocycles. The van der Waals surface area contributed by atoms with Crippen LogP contribution >= 0.6 is 0 Å². The SMILES string of the molecule is OC1(CNCc2ccc(F)c(C(F)(F)F)c2)CCOCC1. The Kier molecular flexibility index (Phi) is 4.85. The number of benzene rings is 1. The molecule has 7 heteroatoms. The fraction of sp³-hybridized carbons (Fsp3) is 0.571. The van der Waals surface area contributed by atoms with Crippen LogP contribution in [0.4, 0.5) is 17.6 Å². The zero-order chi connectivity index (χ0) is 15.5. The molecule has 1 fully saturated rings. The van der Waals surface area contributed by atoms with Gasteiger partial charge in [-0.2, -0.15) is 13.2 Å². The normalized spacial score (nSPS) is 18.7. The Morgan fingerprint density at radius 2 is 1.90 bits per heavy atom. The molecule has 21 heavy (non-hydrogen) atoms. The Labute approximate surface area is 119 Å². The topological polar surface area (TPSA) is 41.5 Å². The van der Waals surface area contributed by atoms with Crippen LogP contribution < -0.4 is 5.32 Å². The van der Waals surface area contributed by atoms with Gasteiger partial charge in [0.25, 0.3) is 0 Å². The van der Waals surface area contributed by atoms with Gasteiger partial charge < -0.3 is 15.2 Å². The van der Waals surface area contributed by atoms with Crippen LogP contribution in [0.3, 0.4) is 0 Å². The average Bonchev–Trinajstić information content (AvgIpc) is 2.40. The molecule has 118 valence electrons. The second-order valence-corrected chi connectivity index (χ2v) is 5.25. The molecule has 0 spiro atoms. The van der Waals surface area contributed by atoms with E-state index in [4.69, 9.17) is 4.74 Å². The van der Waals surface area contributed by atoms with Crippen LogP contribution in [0.2, 0.25) is 0 Å². The maximum atomic E-state index is 13.1.